The zero-order chi connectivity index (χ0) is 48.3. The molecule has 72 heavy (non-hydrogen) atoms. The molecular weight excluding hydrogens is 893 g/mol. The van der Waals surface area contributed by atoms with Crippen LogP contribution in [0.2, 0.25) is 0 Å². The van der Waals surface area contributed by atoms with E-state index in [1.165, 1.54) is 38.5 Å². The molecule has 0 saturated carbocycles. The van der Waals surface area contributed by atoms with Crippen molar-refractivity contribution in [3.63, 3.8) is 0 Å². The Labute approximate surface area is 424 Å². The molecule has 7 aromatic rings. The van der Waals surface area contributed by atoms with E-state index in [1.807, 2.05) is 24.7 Å². The van der Waals surface area contributed by atoms with Crippen LogP contribution in [0.5, 0.6) is 17.8 Å². The van der Waals surface area contributed by atoms with E-state index < -0.39 is 0 Å². The number of hydrogen-bond donors (Lipinski definition) is 0. The minimum atomic E-state index is -0.362. The van der Waals surface area contributed by atoms with Gasteiger partial charge in [-0.2, -0.15) is 9.97 Å². The molecule has 15 atom stereocenters. The largest absolute Gasteiger partial charge is 0.467 e. The second kappa shape index (κ2) is 19.6. The van der Waals surface area contributed by atoms with Crippen LogP contribution in [0.3, 0.4) is 0 Å². The van der Waals surface area contributed by atoms with Crippen molar-refractivity contribution in [3.05, 3.63) is 132 Å². The number of pyridine rings is 3. The highest BCUT2D eigenvalue weighted by Gasteiger charge is 2.48. The molecule has 11 unspecified atom stereocenters. The number of nitrogens with zero attached hydrogens (tertiary/aromatic N) is 8. The number of aromatic nitrogens is 5. The highest BCUT2D eigenvalue weighted by Crippen LogP contribution is 2.48. The lowest BCUT2D eigenvalue weighted by Crippen LogP contribution is -2.56. The highest BCUT2D eigenvalue weighted by molar-refractivity contribution is 5.84. The number of para-hydroxylation sites is 3. The highest BCUT2D eigenvalue weighted by atomic mass is 16.5. The number of benzene rings is 3. The fourth-order valence-corrected chi connectivity index (χ4v) is 14.9. The van der Waals surface area contributed by atoms with Crippen LogP contribution >= 0.6 is 0 Å². The smallest absolute Gasteiger partial charge is 0.323 e. The number of hydrogen-bond acceptors (Lipinski definition) is 11. The lowest BCUT2D eigenvalue weighted by molar-refractivity contribution is -0.0552. The van der Waals surface area contributed by atoms with E-state index >= 15 is 0 Å². The Morgan fingerprint density at radius 2 is 0.806 bits per heavy atom. The molecule has 0 amide bonds. The number of ether oxygens (including phenoxy) is 3. The zero-order valence-corrected chi connectivity index (χ0v) is 42.3. The summed E-state index contributed by atoms with van der Waals surface area (Å²) >= 11 is 0. The lowest BCUT2D eigenvalue weighted by Gasteiger charge is -2.52. The minimum Gasteiger partial charge on any atom is -0.467 e. The van der Waals surface area contributed by atoms with Crippen LogP contribution in [-0.4, -0.2) is 97.0 Å². The van der Waals surface area contributed by atoms with Crippen LogP contribution in [-0.2, 0) is 0 Å². The molecule has 13 heterocycles. The van der Waals surface area contributed by atoms with Gasteiger partial charge < -0.3 is 14.2 Å². The molecular formula is C61H70N8O3. The summed E-state index contributed by atoms with van der Waals surface area (Å²) < 4.78 is 22.7. The standard InChI is InChI=1S/C61H70N8O3/c1-4-38-35-67-28-22-41(38)31-53(67)58(47-19-25-62-50-16-10-7-13-44(47)50)70-56-34-57(71-59(48-20-26-63-51-17-11-8-14-45(48)51)54-32-42-23-29-68(54)36-39(42)5-2)66-61(65-56)72-60(49-21-27-64-52-18-12-9-15-46(49)52)55-33-43-24-30-69(55)37-40(43)6-3/h7-21,25-27,34,38-43,53-55,58-60H,4-6,22-24,28-33,35-37H2,1-3H3/t38-,39+,40-,41?,42?,43?,53?,54?,55?,58?,59+,60?/m1/s1. The van der Waals surface area contributed by atoms with Gasteiger partial charge in [0.25, 0.3) is 0 Å². The Morgan fingerprint density at radius 3 is 1.14 bits per heavy atom. The van der Waals surface area contributed by atoms with E-state index in [4.69, 9.17) is 39.1 Å². The van der Waals surface area contributed by atoms with E-state index in [0.29, 0.717) is 47.3 Å². The Balaban J connectivity index is 0.958. The lowest BCUT2D eigenvalue weighted by atomic mass is 9.72. The van der Waals surface area contributed by atoms with E-state index in [1.54, 1.807) is 0 Å². The van der Waals surface area contributed by atoms with Gasteiger partial charge in [-0.1, -0.05) is 94.6 Å². The second-order valence-corrected chi connectivity index (χ2v) is 22.2. The van der Waals surface area contributed by atoms with Crippen LogP contribution in [0.4, 0.5) is 0 Å². The van der Waals surface area contributed by atoms with Crippen molar-refractivity contribution in [2.45, 2.75) is 115 Å². The number of rotatable bonds is 15. The predicted molar refractivity (Wildman–Crippen MR) is 283 cm³/mol. The van der Waals surface area contributed by atoms with Crippen LogP contribution in [0, 0.1) is 35.5 Å². The third-order valence-corrected chi connectivity index (χ3v) is 18.8. The summed E-state index contributed by atoms with van der Waals surface area (Å²) in [4.78, 5) is 33.3. The van der Waals surface area contributed by atoms with Crippen LogP contribution in [0.1, 0.15) is 114 Å². The molecule has 4 aromatic heterocycles. The molecule has 11 heteroatoms. The summed E-state index contributed by atoms with van der Waals surface area (Å²) in [6.07, 6.45) is 15.3. The summed E-state index contributed by atoms with van der Waals surface area (Å²) in [5.74, 6) is 4.96. The van der Waals surface area contributed by atoms with E-state index in [0.717, 1.165) is 108 Å². The van der Waals surface area contributed by atoms with Gasteiger partial charge in [-0.05, 0) is 130 Å². The van der Waals surface area contributed by atoms with Gasteiger partial charge in [0.2, 0.25) is 11.8 Å². The first-order valence-electron chi connectivity index (χ1n) is 27.6. The molecule has 372 valence electrons. The van der Waals surface area contributed by atoms with Crippen molar-refractivity contribution < 1.29 is 14.2 Å². The van der Waals surface area contributed by atoms with Gasteiger partial charge in [-0.15, -0.1) is 0 Å². The molecule has 9 fully saturated rings. The van der Waals surface area contributed by atoms with Gasteiger partial charge in [-0.25, -0.2) is 0 Å². The fraction of sp³-hybridized carbons (Fsp3) is 0.492. The van der Waals surface area contributed by atoms with Crippen molar-refractivity contribution in [3.8, 4) is 17.8 Å². The van der Waals surface area contributed by atoms with Gasteiger partial charge in [0.05, 0.1) is 40.7 Å². The summed E-state index contributed by atoms with van der Waals surface area (Å²) in [6, 6.07) is 34.6. The van der Waals surface area contributed by atoms with Crippen LogP contribution < -0.4 is 14.2 Å². The Hall–Kier alpha value is -5.75. The maximum absolute atomic E-state index is 7.59. The van der Waals surface area contributed by atoms with Gasteiger partial charge in [0.15, 0.2) is 0 Å². The molecule has 6 bridgehead atoms. The molecule has 0 spiro atoms. The van der Waals surface area contributed by atoms with Crippen LogP contribution in [0.25, 0.3) is 32.7 Å². The molecule has 0 N–H and O–H groups in total. The van der Waals surface area contributed by atoms with Gasteiger partial charge >= 0.3 is 6.01 Å². The molecule has 0 radical (unpaired) electrons. The normalized spacial score (nSPS) is 30.9. The Kier molecular flexibility index (Phi) is 12.5. The van der Waals surface area contributed by atoms with Crippen molar-refractivity contribution in [2.24, 2.45) is 35.5 Å². The SMILES string of the molecule is CC[C@@H]1CN2CCC1CC2C(Oc1cc(O[C@@H](c2ccnc3ccccc23)C2CC3CCN2C[C@@H]3CC)nc(OC(c2ccnc3ccccc23)C2CC3CCN2C[C@H]3CC)n1)c1ccnc2ccccc12. The van der Waals surface area contributed by atoms with Crippen molar-refractivity contribution >= 4 is 32.7 Å². The van der Waals surface area contributed by atoms with Gasteiger partial charge in [0.1, 0.15) is 18.3 Å². The first-order valence-corrected chi connectivity index (χ1v) is 27.6. The molecule has 3 aromatic carbocycles. The van der Waals surface area contributed by atoms with Gasteiger partial charge in [-0.3, -0.25) is 29.7 Å². The summed E-state index contributed by atoms with van der Waals surface area (Å²) in [5, 5.41) is 3.31. The predicted octanol–water partition coefficient (Wildman–Crippen LogP) is 11.8. The Morgan fingerprint density at radius 1 is 0.458 bits per heavy atom. The Bertz CT molecular complexity index is 2710. The maximum Gasteiger partial charge on any atom is 0.323 e. The zero-order valence-electron chi connectivity index (χ0n) is 42.3. The monoisotopic (exact) mass is 963 g/mol. The molecule has 9 aliphatic heterocycles. The van der Waals surface area contributed by atoms with Crippen molar-refractivity contribution in [2.75, 3.05) is 39.3 Å². The molecule has 9 aliphatic rings. The fourth-order valence-electron chi connectivity index (χ4n) is 14.9. The quantitative estimate of drug-likeness (QED) is 0.0981. The number of piperidine rings is 9. The van der Waals surface area contributed by atoms with E-state index in [-0.39, 0.29) is 42.4 Å². The first kappa shape index (κ1) is 46.1. The van der Waals surface area contributed by atoms with E-state index in [2.05, 4.69) is 126 Å². The third kappa shape index (κ3) is 8.47. The van der Waals surface area contributed by atoms with Crippen molar-refractivity contribution in [1.82, 2.24) is 39.6 Å². The summed E-state index contributed by atoms with van der Waals surface area (Å²) in [7, 11) is 0. The van der Waals surface area contributed by atoms with Crippen LogP contribution in [0.15, 0.2) is 116 Å². The summed E-state index contributed by atoms with van der Waals surface area (Å²) in [6.45, 7) is 13.5. The molecule has 11 nitrogen and oxygen atoms in total. The van der Waals surface area contributed by atoms with E-state index in [9.17, 15) is 0 Å². The van der Waals surface area contributed by atoms with Crippen molar-refractivity contribution in [1.29, 1.82) is 0 Å². The molecule has 16 rings (SSSR count). The minimum absolute atomic E-state index is 0.135. The average molecular weight is 963 g/mol. The third-order valence-electron chi connectivity index (χ3n) is 18.8. The summed E-state index contributed by atoms with van der Waals surface area (Å²) in [5.41, 5.74) is 6.25. The molecule has 0 aliphatic carbocycles. The average Bonchev–Trinajstić information content (AvgIpc) is 3.45. The topological polar surface area (TPSA) is 102 Å². The maximum atomic E-state index is 7.59. The molecule has 9 saturated heterocycles. The second-order valence-electron chi connectivity index (χ2n) is 22.2. The number of fused-ring (bicyclic) bond motifs is 12. The van der Waals surface area contributed by atoms with Gasteiger partial charge in [0, 0.05) is 71.1 Å². The first-order chi connectivity index (χ1) is 35.5.